The molecule has 0 saturated carbocycles. The monoisotopic (exact) mass is 195 g/mol. The number of rotatable bonds is 3. The molecule has 1 saturated heterocycles. The van der Waals surface area contributed by atoms with Gasteiger partial charge < -0.3 is 5.73 Å². The highest BCUT2D eigenvalue weighted by molar-refractivity contribution is 4.93. The summed E-state index contributed by atoms with van der Waals surface area (Å²) in [6.07, 6.45) is 3.19. The van der Waals surface area contributed by atoms with Crippen molar-refractivity contribution >= 4 is 0 Å². The average Bonchev–Trinajstić information content (AvgIpc) is 2.76. The standard InChI is InChI=1S/C9H17N5/c1-13-6-9(11-12-13)7-14-3-2-8(4-10)5-14/h6,8H,2-5,7,10H2,1H3. The van der Waals surface area contributed by atoms with E-state index in [4.69, 9.17) is 5.73 Å². The predicted octanol–water partition coefficient (Wildman–Crippen LogP) is -0.404. The molecule has 14 heavy (non-hydrogen) atoms. The summed E-state index contributed by atoms with van der Waals surface area (Å²) in [5, 5.41) is 7.98. The zero-order chi connectivity index (χ0) is 9.97. The van der Waals surface area contributed by atoms with E-state index in [9.17, 15) is 0 Å². The van der Waals surface area contributed by atoms with Crippen molar-refractivity contribution in [3.63, 3.8) is 0 Å². The van der Waals surface area contributed by atoms with Gasteiger partial charge in [0.05, 0.1) is 5.69 Å². The van der Waals surface area contributed by atoms with Gasteiger partial charge in [0.1, 0.15) is 0 Å². The molecule has 2 rings (SSSR count). The van der Waals surface area contributed by atoms with Crippen LogP contribution in [0.15, 0.2) is 6.20 Å². The van der Waals surface area contributed by atoms with Gasteiger partial charge in [0.2, 0.25) is 0 Å². The van der Waals surface area contributed by atoms with E-state index in [0.29, 0.717) is 5.92 Å². The van der Waals surface area contributed by atoms with Crippen molar-refractivity contribution in [1.29, 1.82) is 0 Å². The van der Waals surface area contributed by atoms with E-state index in [0.717, 1.165) is 31.9 Å². The van der Waals surface area contributed by atoms with Gasteiger partial charge in [-0.2, -0.15) is 0 Å². The van der Waals surface area contributed by atoms with Gasteiger partial charge in [0.25, 0.3) is 0 Å². The maximum absolute atomic E-state index is 5.63. The normalized spacial score (nSPS) is 23.1. The Labute approximate surface area is 83.9 Å². The summed E-state index contributed by atoms with van der Waals surface area (Å²) in [7, 11) is 1.89. The minimum absolute atomic E-state index is 0.673. The molecular formula is C9H17N5. The van der Waals surface area contributed by atoms with Gasteiger partial charge in [-0.25, -0.2) is 0 Å². The quantitative estimate of drug-likeness (QED) is 0.712. The molecular weight excluding hydrogens is 178 g/mol. The van der Waals surface area contributed by atoms with Gasteiger partial charge in [-0.3, -0.25) is 9.58 Å². The second kappa shape index (κ2) is 4.06. The first-order chi connectivity index (χ1) is 6.78. The molecule has 1 atom stereocenters. The Morgan fingerprint density at radius 2 is 2.50 bits per heavy atom. The van der Waals surface area contributed by atoms with Crippen LogP contribution in [0.3, 0.4) is 0 Å². The van der Waals surface area contributed by atoms with E-state index < -0.39 is 0 Å². The van der Waals surface area contributed by atoms with E-state index >= 15 is 0 Å². The Balaban J connectivity index is 1.87. The number of hydrogen-bond donors (Lipinski definition) is 1. The third-order valence-corrected chi connectivity index (χ3v) is 2.74. The predicted molar refractivity (Wildman–Crippen MR) is 53.4 cm³/mol. The number of aromatic nitrogens is 3. The zero-order valence-electron chi connectivity index (χ0n) is 8.56. The molecule has 0 aromatic carbocycles. The molecule has 0 spiro atoms. The molecule has 2 heterocycles. The van der Waals surface area contributed by atoms with E-state index in [-0.39, 0.29) is 0 Å². The summed E-state index contributed by atoms with van der Waals surface area (Å²) < 4.78 is 1.74. The van der Waals surface area contributed by atoms with Crippen LogP contribution < -0.4 is 5.73 Å². The third-order valence-electron chi connectivity index (χ3n) is 2.74. The fraction of sp³-hybridized carbons (Fsp3) is 0.778. The Hall–Kier alpha value is -0.940. The minimum atomic E-state index is 0.673. The summed E-state index contributed by atoms with van der Waals surface area (Å²) in [5.41, 5.74) is 6.68. The van der Waals surface area contributed by atoms with Gasteiger partial charge in [-0.05, 0) is 25.4 Å². The molecule has 1 aliphatic rings. The number of nitrogens with two attached hydrogens (primary N) is 1. The van der Waals surface area contributed by atoms with Crippen LogP contribution in [0, 0.1) is 5.92 Å². The topological polar surface area (TPSA) is 60.0 Å². The molecule has 0 amide bonds. The van der Waals surface area contributed by atoms with Crippen molar-refractivity contribution in [2.24, 2.45) is 18.7 Å². The smallest absolute Gasteiger partial charge is 0.0967 e. The van der Waals surface area contributed by atoms with Crippen LogP contribution in [0.4, 0.5) is 0 Å². The highest BCUT2D eigenvalue weighted by Crippen LogP contribution is 2.16. The summed E-state index contributed by atoms with van der Waals surface area (Å²) in [6.45, 7) is 3.95. The Kier molecular flexibility index (Phi) is 2.79. The van der Waals surface area contributed by atoms with Crippen LogP contribution in [-0.4, -0.2) is 39.5 Å². The van der Waals surface area contributed by atoms with E-state index in [2.05, 4.69) is 15.2 Å². The van der Waals surface area contributed by atoms with Crippen LogP contribution in [0.2, 0.25) is 0 Å². The Morgan fingerprint density at radius 1 is 1.64 bits per heavy atom. The van der Waals surface area contributed by atoms with Gasteiger partial charge in [-0.1, -0.05) is 5.21 Å². The van der Waals surface area contributed by atoms with Crippen LogP contribution in [0.25, 0.3) is 0 Å². The van der Waals surface area contributed by atoms with Gasteiger partial charge in [0, 0.05) is 26.3 Å². The molecule has 1 fully saturated rings. The van der Waals surface area contributed by atoms with Crippen molar-refractivity contribution < 1.29 is 0 Å². The number of hydrogen-bond acceptors (Lipinski definition) is 4. The SMILES string of the molecule is Cn1cc(CN2CCC(CN)C2)nn1. The molecule has 5 nitrogen and oxygen atoms in total. The van der Waals surface area contributed by atoms with E-state index in [1.807, 2.05) is 13.2 Å². The van der Waals surface area contributed by atoms with Crippen LogP contribution in [-0.2, 0) is 13.6 Å². The number of likely N-dealkylation sites (tertiary alicyclic amines) is 1. The molecule has 1 aromatic rings. The third kappa shape index (κ3) is 2.10. The molecule has 0 aliphatic carbocycles. The first-order valence-corrected chi connectivity index (χ1v) is 5.05. The maximum Gasteiger partial charge on any atom is 0.0967 e. The fourth-order valence-corrected chi connectivity index (χ4v) is 1.95. The number of nitrogens with zero attached hydrogens (tertiary/aromatic N) is 4. The molecule has 1 aliphatic heterocycles. The molecule has 1 unspecified atom stereocenters. The second-order valence-electron chi connectivity index (χ2n) is 4.01. The van der Waals surface area contributed by atoms with Crippen molar-refractivity contribution in [3.8, 4) is 0 Å². The highest BCUT2D eigenvalue weighted by Gasteiger charge is 2.21. The summed E-state index contributed by atoms with van der Waals surface area (Å²) in [5.74, 6) is 0.673. The largest absolute Gasteiger partial charge is 0.330 e. The Morgan fingerprint density at radius 3 is 3.07 bits per heavy atom. The first-order valence-electron chi connectivity index (χ1n) is 5.05. The maximum atomic E-state index is 5.63. The Bertz CT molecular complexity index is 295. The van der Waals surface area contributed by atoms with Crippen LogP contribution in [0.1, 0.15) is 12.1 Å². The van der Waals surface area contributed by atoms with Gasteiger partial charge >= 0.3 is 0 Å². The van der Waals surface area contributed by atoms with Crippen molar-refractivity contribution in [2.75, 3.05) is 19.6 Å². The van der Waals surface area contributed by atoms with Crippen molar-refractivity contribution in [1.82, 2.24) is 19.9 Å². The highest BCUT2D eigenvalue weighted by atomic mass is 15.4. The number of aryl methyl sites for hydroxylation is 1. The van der Waals surface area contributed by atoms with Crippen molar-refractivity contribution in [3.05, 3.63) is 11.9 Å². The molecule has 2 N–H and O–H groups in total. The summed E-state index contributed by atoms with van der Waals surface area (Å²) in [6, 6.07) is 0. The van der Waals surface area contributed by atoms with E-state index in [1.165, 1.54) is 6.42 Å². The molecule has 0 bridgehead atoms. The first kappa shape index (κ1) is 9.61. The van der Waals surface area contributed by atoms with Crippen LogP contribution >= 0.6 is 0 Å². The molecule has 78 valence electrons. The summed E-state index contributed by atoms with van der Waals surface area (Å²) >= 11 is 0. The zero-order valence-corrected chi connectivity index (χ0v) is 8.56. The minimum Gasteiger partial charge on any atom is -0.330 e. The summed E-state index contributed by atoms with van der Waals surface area (Å²) in [4.78, 5) is 2.39. The molecule has 0 radical (unpaired) electrons. The molecule has 1 aromatic heterocycles. The fourth-order valence-electron chi connectivity index (χ4n) is 1.95. The van der Waals surface area contributed by atoms with E-state index in [1.54, 1.807) is 4.68 Å². The lowest BCUT2D eigenvalue weighted by Gasteiger charge is -2.12. The molecule has 5 heteroatoms. The second-order valence-corrected chi connectivity index (χ2v) is 4.01. The van der Waals surface area contributed by atoms with Gasteiger partial charge in [0.15, 0.2) is 0 Å². The lowest BCUT2D eigenvalue weighted by atomic mass is 10.1. The van der Waals surface area contributed by atoms with Crippen LogP contribution in [0.5, 0.6) is 0 Å². The average molecular weight is 195 g/mol. The van der Waals surface area contributed by atoms with Gasteiger partial charge in [-0.15, -0.1) is 5.10 Å². The lowest BCUT2D eigenvalue weighted by molar-refractivity contribution is 0.314. The lowest BCUT2D eigenvalue weighted by Crippen LogP contribution is -2.22. The van der Waals surface area contributed by atoms with Crippen molar-refractivity contribution in [2.45, 2.75) is 13.0 Å².